The summed E-state index contributed by atoms with van der Waals surface area (Å²) in [7, 11) is 0. The molecule has 1 amide bonds. The molecule has 0 bridgehead atoms. The van der Waals surface area contributed by atoms with Crippen LogP contribution in [0.5, 0.6) is 5.75 Å². The van der Waals surface area contributed by atoms with Crippen LogP contribution in [0, 0.1) is 3.57 Å². The molecule has 1 aliphatic rings. The molecule has 4 nitrogen and oxygen atoms in total. The maximum atomic E-state index is 12.0. The van der Waals surface area contributed by atoms with Gasteiger partial charge in [0.2, 0.25) is 0 Å². The van der Waals surface area contributed by atoms with Gasteiger partial charge in [0.25, 0.3) is 5.91 Å². The number of carbonyl (C=O) groups excluding carboxylic acids is 1. The second-order valence-corrected chi connectivity index (χ2v) is 6.82. The van der Waals surface area contributed by atoms with Gasteiger partial charge in [-0.2, -0.15) is 0 Å². The molecule has 2 N–H and O–H groups in total. The van der Waals surface area contributed by atoms with Crippen LogP contribution in [0.3, 0.4) is 0 Å². The van der Waals surface area contributed by atoms with Crippen LogP contribution in [0.2, 0.25) is 0 Å². The van der Waals surface area contributed by atoms with Crippen molar-refractivity contribution in [1.82, 2.24) is 0 Å². The lowest BCUT2D eigenvalue weighted by Gasteiger charge is -2.23. The summed E-state index contributed by atoms with van der Waals surface area (Å²) in [6, 6.07) is 13.3. The third-order valence-electron chi connectivity index (χ3n) is 3.90. The van der Waals surface area contributed by atoms with E-state index in [1.165, 1.54) is 0 Å². The Balaban J connectivity index is 1.64. The van der Waals surface area contributed by atoms with Crippen LogP contribution in [-0.4, -0.2) is 17.6 Å². The van der Waals surface area contributed by atoms with Crippen molar-refractivity contribution in [2.75, 3.05) is 11.9 Å². The Labute approximate surface area is 149 Å². The predicted molar refractivity (Wildman–Crippen MR) is 97.6 cm³/mol. The number of nitrogens with one attached hydrogen (secondary N) is 1. The lowest BCUT2D eigenvalue weighted by atomic mass is 9.89. The number of fused-ring (bicyclic) bond motifs is 1. The Morgan fingerprint density at radius 1 is 1.30 bits per heavy atom. The van der Waals surface area contributed by atoms with E-state index in [2.05, 4.69) is 27.9 Å². The highest BCUT2D eigenvalue weighted by Crippen LogP contribution is 2.35. The monoisotopic (exact) mass is 423 g/mol. The number of hydrogen-bond acceptors (Lipinski definition) is 3. The van der Waals surface area contributed by atoms with E-state index < -0.39 is 6.10 Å². The van der Waals surface area contributed by atoms with E-state index in [1.807, 2.05) is 42.5 Å². The van der Waals surface area contributed by atoms with E-state index in [-0.39, 0.29) is 12.5 Å². The largest absolute Gasteiger partial charge is 0.483 e. The van der Waals surface area contributed by atoms with Gasteiger partial charge in [0.1, 0.15) is 5.75 Å². The number of rotatable bonds is 4. The fraction of sp³-hybridized carbons (Fsp3) is 0.278. The topological polar surface area (TPSA) is 58.6 Å². The van der Waals surface area contributed by atoms with E-state index in [0.29, 0.717) is 5.75 Å². The molecule has 0 radical (unpaired) electrons. The van der Waals surface area contributed by atoms with E-state index in [9.17, 15) is 9.90 Å². The minimum atomic E-state index is -0.428. The molecule has 1 aliphatic carbocycles. The van der Waals surface area contributed by atoms with E-state index >= 15 is 0 Å². The molecular formula is C18H18INO3. The number of amides is 1. The van der Waals surface area contributed by atoms with Crippen LogP contribution in [0.1, 0.15) is 30.1 Å². The number of benzene rings is 2. The van der Waals surface area contributed by atoms with Gasteiger partial charge in [-0.3, -0.25) is 4.79 Å². The second-order valence-electron chi connectivity index (χ2n) is 5.58. The molecule has 0 unspecified atom stereocenters. The minimum Gasteiger partial charge on any atom is -0.483 e. The highest BCUT2D eigenvalue weighted by Gasteiger charge is 2.21. The zero-order chi connectivity index (χ0) is 16.2. The smallest absolute Gasteiger partial charge is 0.262 e. The Morgan fingerprint density at radius 2 is 2.13 bits per heavy atom. The summed E-state index contributed by atoms with van der Waals surface area (Å²) in [6.07, 6.45) is 2.16. The fourth-order valence-electron chi connectivity index (χ4n) is 2.83. The first-order valence-electron chi connectivity index (χ1n) is 7.61. The van der Waals surface area contributed by atoms with Crippen LogP contribution in [0.25, 0.3) is 0 Å². The lowest BCUT2D eigenvalue weighted by molar-refractivity contribution is -0.118. The Kier molecular flexibility index (Phi) is 5.17. The molecule has 23 heavy (non-hydrogen) atoms. The summed E-state index contributed by atoms with van der Waals surface area (Å²) in [5, 5.41) is 12.9. The van der Waals surface area contributed by atoms with Gasteiger partial charge in [-0.1, -0.05) is 18.2 Å². The number of halogens is 1. The van der Waals surface area contributed by atoms with Crippen LogP contribution >= 0.6 is 22.6 Å². The first-order valence-corrected chi connectivity index (χ1v) is 8.69. The van der Waals surface area contributed by atoms with E-state index in [4.69, 9.17) is 4.74 Å². The number of aliphatic hydroxyl groups excluding tert-OH is 1. The summed E-state index contributed by atoms with van der Waals surface area (Å²) in [5.74, 6) is 0.500. The second kappa shape index (κ2) is 7.31. The summed E-state index contributed by atoms with van der Waals surface area (Å²) in [5.41, 5.74) is 2.70. The molecule has 5 heteroatoms. The highest BCUT2D eigenvalue weighted by molar-refractivity contribution is 14.1. The Hall–Kier alpha value is -1.60. The summed E-state index contributed by atoms with van der Waals surface area (Å²) < 4.78 is 6.75. The van der Waals surface area contributed by atoms with Crippen molar-refractivity contribution in [2.45, 2.75) is 25.4 Å². The summed E-state index contributed by atoms with van der Waals surface area (Å²) in [6.45, 7) is -0.0436. The van der Waals surface area contributed by atoms with Crippen LogP contribution < -0.4 is 10.1 Å². The number of anilines is 1. The fourth-order valence-corrected chi connectivity index (χ4v) is 3.37. The van der Waals surface area contributed by atoms with E-state index in [0.717, 1.165) is 39.6 Å². The van der Waals surface area contributed by atoms with Gasteiger partial charge in [0.05, 0.1) is 6.10 Å². The van der Waals surface area contributed by atoms with Crippen molar-refractivity contribution in [2.24, 2.45) is 0 Å². The SMILES string of the molecule is O=C(COc1cccc2c1CCC[C@H]2O)Nc1cccc(I)c1. The standard InChI is InChI=1S/C18H18INO3/c19-12-4-1-5-13(10-12)20-18(22)11-23-17-9-3-6-14-15(17)7-2-8-16(14)21/h1,3-6,9-10,16,21H,2,7-8,11H2,(H,20,22)/t16-/m1/s1. The van der Waals surface area contributed by atoms with Crippen molar-refractivity contribution in [3.63, 3.8) is 0 Å². The van der Waals surface area contributed by atoms with Gasteiger partial charge in [-0.15, -0.1) is 0 Å². The third-order valence-corrected chi connectivity index (χ3v) is 4.57. The molecule has 0 aromatic heterocycles. The lowest BCUT2D eigenvalue weighted by Crippen LogP contribution is -2.21. The number of hydrogen-bond donors (Lipinski definition) is 2. The van der Waals surface area contributed by atoms with Gasteiger partial charge in [-0.25, -0.2) is 0 Å². The molecule has 2 aromatic carbocycles. The van der Waals surface area contributed by atoms with Crippen molar-refractivity contribution < 1.29 is 14.6 Å². The van der Waals surface area contributed by atoms with Gasteiger partial charge in [-0.05, 0) is 77.2 Å². The number of ether oxygens (including phenoxy) is 1. The van der Waals surface area contributed by atoms with E-state index in [1.54, 1.807) is 0 Å². The zero-order valence-electron chi connectivity index (χ0n) is 12.6. The Bertz CT molecular complexity index is 717. The quantitative estimate of drug-likeness (QED) is 0.738. The molecule has 0 saturated carbocycles. The molecule has 0 spiro atoms. The molecule has 0 saturated heterocycles. The van der Waals surface area contributed by atoms with Gasteiger partial charge in [0.15, 0.2) is 6.61 Å². The third kappa shape index (κ3) is 4.03. The van der Waals surface area contributed by atoms with Crippen LogP contribution in [-0.2, 0) is 11.2 Å². The molecule has 120 valence electrons. The van der Waals surface area contributed by atoms with Gasteiger partial charge >= 0.3 is 0 Å². The average molecular weight is 423 g/mol. The zero-order valence-corrected chi connectivity index (χ0v) is 14.7. The molecule has 1 atom stereocenters. The normalized spacial score (nSPS) is 16.5. The molecule has 2 aromatic rings. The van der Waals surface area contributed by atoms with Crippen molar-refractivity contribution in [3.8, 4) is 5.75 Å². The summed E-state index contributed by atoms with van der Waals surface area (Å²) in [4.78, 5) is 12.0. The maximum Gasteiger partial charge on any atom is 0.262 e. The van der Waals surface area contributed by atoms with Gasteiger partial charge < -0.3 is 15.2 Å². The molecule has 3 rings (SSSR count). The van der Waals surface area contributed by atoms with Crippen molar-refractivity contribution in [1.29, 1.82) is 0 Å². The van der Waals surface area contributed by atoms with Crippen molar-refractivity contribution in [3.05, 3.63) is 57.2 Å². The molecular weight excluding hydrogens is 405 g/mol. The first kappa shape index (κ1) is 16.3. The highest BCUT2D eigenvalue weighted by atomic mass is 127. The summed E-state index contributed by atoms with van der Waals surface area (Å²) >= 11 is 2.20. The number of carbonyl (C=O) groups is 1. The van der Waals surface area contributed by atoms with Crippen LogP contribution in [0.15, 0.2) is 42.5 Å². The molecule has 0 fully saturated rings. The molecule has 0 heterocycles. The van der Waals surface area contributed by atoms with Crippen molar-refractivity contribution >= 4 is 34.2 Å². The number of aliphatic hydroxyl groups is 1. The first-order chi connectivity index (χ1) is 11.1. The minimum absolute atomic E-state index is 0.0436. The van der Waals surface area contributed by atoms with Gasteiger partial charge in [0, 0.05) is 9.26 Å². The predicted octanol–water partition coefficient (Wildman–Crippen LogP) is 3.68. The maximum absolute atomic E-state index is 12.0. The Morgan fingerprint density at radius 3 is 2.96 bits per heavy atom. The average Bonchev–Trinajstić information content (AvgIpc) is 2.53. The van der Waals surface area contributed by atoms with Crippen LogP contribution in [0.4, 0.5) is 5.69 Å². The molecule has 0 aliphatic heterocycles.